The minimum Gasteiger partial charge on any atom is -0.384 e. The predicted molar refractivity (Wildman–Crippen MR) is 97.6 cm³/mol. The molecule has 1 unspecified atom stereocenters. The fraction of sp³-hybridized carbons (Fsp3) is 0.684. The van der Waals surface area contributed by atoms with Crippen molar-refractivity contribution in [2.45, 2.75) is 50.9 Å². The number of fused-ring (bicyclic) bond motifs is 1. The van der Waals surface area contributed by atoms with Crippen LogP contribution in [0.25, 0.3) is 0 Å². The van der Waals surface area contributed by atoms with Crippen LogP contribution in [-0.4, -0.2) is 57.5 Å². The van der Waals surface area contributed by atoms with Crippen molar-refractivity contribution >= 4 is 5.91 Å². The molecular formula is C19H27N5O3. The first kappa shape index (κ1) is 18.2. The van der Waals surface area contributed by atoms with Crippen molar-refractivity contribution in [3.05, 3.63) is 28.7 Å². The molecule has 1 aliphatic carbocycles. The second-order valence-electron chi connectivity index (χ2n) is 7.49. The summed E-state index contributed by atoms with van der Waals surface area (Å²) in [6.07, 6.45) is 6.80. The Morgan fingerprint density at radius 2 is 2.15 bits per heavy atom. The average Bonchev–Trinajstić information content (AvgIpc) is 3.31. The van der Waals surface area contributed by atoms with Crippen LogP contribution in [0.15, 0.2) is 4.52 Å². The topological polar surface area (TPSA) is 86.3 Å². The summed E-state index contributed by atoms with van der Waals surface area (Å²) in [5.74, 6) is 1.42. The number of carbonyl (C=O) groups excluding carboxylic acids is 1. The Bertz CT molecular complexity index is 812. The van der Waals surface area contributed by atoms with Gasteiger partial charge in [0.2, 0.25) is 5.89 Å². The molecule has 8 heteroatoms. The highest BCUT2D eigenvalue weighted by Crippen LogP contribution is 2.29. The van der Waals surface area contributed by atoms with Gasteiger partial charge in [0.05, 0.1) is 12.5 Å². The van der Waals surface area contributed by atoms with Crippen LogP contribution in [-0.2, 0) is 31.0 Å². The summed E-state index contributed by atoms with van der Waals surface area (Å²) in [5.41, 5.74) is 3.01. The highest BCUT2D eigenvalue weighted by atomic mass is 16.5. The lowest BCUT2D eigenvalue weighted by Crippen LogP contribution is -2.39. The summed E-state index contributed by atoms with van der Waals surface area (Å²) >= 11 is 0. The Kier molecular flexibility index (Phi) is 5.24. The van der Waals surface area contributed by atoms with Crippen LogP contribution in [0.1, 0.15) is 65.1 Å². The van der Waals surface area contributed by atoms with Gasteiger partial charge in [-0.05, 0) is 38.5 Å². The predicted octanol–water partition coefficient (Wildman–Crippen LogP) is 1.89. The number of amides is 1. The SMILES string of the molecule is COCCc1noc(C2CCCN(C(=O)c3nn(C)c4c3CCCC4)C2)n1. The molecule has 1 saturated heterocycles. The molecular weight excluding hydrogens is 346 g/mol. The first-order valence-electron chi connectivity index (χ1n) is 9.82. The molecule has 1 atom stereocenters. The monoisotopic (exact) mass is 373 g/mol. The lowest BCUT2D eigenvalue weighted by molar-refractivity contribution is 0.0687. The van der Waals surface area contributed by atoms with Gasteiger partial charge >= 0.3 is 0 Å². The van der Waals surface area contributed by atoms with Gasteiger partial charge in [-0.15, -0.1) is 0 Å². The first-order chi connectivity index (χ1) is 13.2. The van der Waals surface area contributed by atoms with Gasteiger partial charge in [0, 0.05) is 44.9 Å². The minimum absolute atomic E-state index is 0.0394. The van der Waals surface area contributed by atoms with Crippen molar-refractivity contribution in [2.24, 2.45) is 7.05 Å². The molecule has 1 aliphatic heterocycles. The Labute approximate surface area is 158 Å². The Hall–Kier alpha value is -2.22. The van der Waals surface area contributed by atoms with E-state index in [9.17, 15) is 4.79 Å². The quantitative estimate of drug-likeness (QED) is 0.795. The maximum atomic E-state index is 13.2. The van der Waals surface area contributed by atoms with Gasteiger partial charge in [-0.2, -0.15) is 10.1 Å². The number of piperidine rings is 1. The number of hydrogen-bond donors (Lipinski definition) is 0. The van der Waals surface area contributed by atoms with Crippen LogP contribution in [0, 0.1) is 0 Å². The van der Waals surface area contributed by atoms with E-state index in [0.717, 1.165) is 44.2 Å². The fourth-order valence-corrected chi connectivity index (χ4v) is 4.19. The third-order valence-electron chi connectivity index (χ3n) is 5.64. The van der Waals surface area contributed by atoms with Gasteiger partial charge in [0.25, 0.3) is 5.91 Å². The number of likely N-dealkylation sites (tertiary alicyclic amines) is 1. The summed E-state index contributed by atoms with van der Waals surface area (Å²) in [6.45, 7) is 1.93. The molecule has 0 bridgehead atoms. The smallest absolute Gasteiger partial charge is 0.274 e. The molecule has 146 valence electrons. The standard InChI is InChI=1S/C19H27N5O3/c1-23-15-8-4-3-7-14(15)17(21-23)19(25)24-10-5-6-13(12-24)18-20-16(22-27-18)9-11-26-2/h13H,3-12H2,1-2H3. The lowest BCUT2D eigenvalue weighted by Gasteiger charge is -2.30. The van der Waals surface area contributed by atoms with E-state index in [0.29, 0.717) is 37.0 Å². The lowest BCUT2D eigenvalue weighted by atomic mass is 9.94. The molecule has 8 nitrogen and oxygen atoms in total. The van der Waals surface area contributed by atoms with E-state index in [1.54, 1.807) is 7.11 Å². The number of nitrogens with zero attached hydrogens (tertiary/aromatic N) is 5. The average molecular weight is 373 g/mol. The van der Waals surface area contributed by atoms with Crippen molar-refractivity contribution in [3.8, 4) is 0 Å². The van der Waals surface area contributed by atoms with Crippen molar-refractivity contribution in [2.75, 3.05) is 26.8 Å². The molecule has 0 saturated carbocycles. The third kappa shape index (κ3) is 3.63. The van der Waals surface area contributed by atoms with Gasteiger partial charge in [-0.25, -0.2) is 0 Å². The van der Waals surface area contributed by atoms with Crippen molar-refractivity contribution in [1.82, 2.24) is 24.8 Å². The summed E-state index contributed by atoms with van der Waals surface area (Å²) in [7, 11) is 3.60. The fourth-order valence-electron chi connectivity index (χ4n) is 4.19. The number of aryl methyl sites for hydroxylation is 1. The zero-order chi connectivity index (χ0) is 18.8. The summed E-state index contributed by atoms with van der Waals surface area (Å²) in [6, 6.07) is 0. The van der Waals surface area contributed by atoms with E-state index in [2.05, 4.69) is 15.2 Å². The van der Waals surface area contributed by atoms with Crippen LogP contribution < -0.4 is 0 Å². The molecule has 1 amide bonds. The second-order valence-corrected chi connectivity index (χ2v) is 7.49. The zero-order valence-corrected chi connectivity index (χ0v) is 16.1. The van der Waals surface area contributed by atoms with E-state index in [4.69, 9.17) is 9.26 Å². The van der Waals surface area contributed by atoms with Crippen molar-refractivity contribution in [3.63, 3.8) is 0 Å². The molecule has 0 N–H and O–H groups in total. The van der Waals surface area contributed by atoms with E-state index < -0.39 is 0 Å². The molecule has 1 fully saturated rings. The Morgan fingerprint density at radius 3 is 3.00 bits per heavy atom. The number of methoxy groups -OCH3 is 1. The minimum atomic E-state index is 0.0394. The van der Waals surface area contributed by atoms with Crippen LogP contribution in [0.4, 0.5) is 0 Å². The molecule has 2 aliphatic rings. The van der Waals surface area contributed by atoms with Crippen LogP contribution in [0.3, 0.4) is 0 Å². The molecule has 27 heavy (non-hydrogen) atoms. The van der Waals surface area contributed by atoms with E-state index in [1.807, 2.05) is 16.6 Å². The number of hydrogen-bond acceptors (Lipinski definition) is 6. The van der Waals surface area contributed by atoms with Crippen LogP contribution in [0.5, 0.6) is 0 Å². The second kappa shape index (κ2) is 7.80. The zero-order valence-electron chi connectivity index (χ0n) is 16.1. The molecule has 0 aromatic carbocycles. The van der Waals surface area contributed by atoms with E-state index in [1.165, 1.54) is 12.1 Å². The van der Waals surface area contributed by atoms with Crippen molar-refractivity contribution < 1.29 is 14.1 Å². The molecule has 2 aromatic heterocycles. The van der Waals surface area contributed by atoms with Gasteiger partial charge < -0.3 is 14.2 Å². The number of carbonyl (C=O) groups is 1. The van der Waals surface area contributed by atoms with Gasteiger partial charge in [-0.3, -0.25) is 9.48 Å². The van der Waals surface area contributed by atoms with Gasteiger partial charge in [-0.1, -0.05) is 5.16 Å². The van der Waals surface area contributed by atoms with E-state index in [-0.39, 0.29) is 11.8 Å². The Balaban J connectivity index is 1.48. The van der Waals surface area contributed by atoms with Gasteiger partial charge in [0.15, 0.2) is 11.5 Å². The molecule has 0 spiro atoms. The number of ether oxygens (including phenoxy) is 1. The molecule has 4 rings (SSSR count). The third-order valence-corrected chi connectivity index (χ3v) is 5.64. The molecule has 2 aromatic rings. The molecule has 3 heterocycles. The van der Waals surface area contributed by atoms with Crippen molar-refractivity contribution in [1.29, 1.82) is 0 Å². The number of rotatable bonds is 5. The highest BCUT2D eigenvalue weighted by molar-refractivity contribution is 5.94. The van der Waals surface area contributed by atoms with Crippen LogP contribution >= 0.6 is 0 Å². The Morgan fingerprint density at radius 1 is 1.30 bits per heavy atom. The summed E-state index contributed by atoms with van der Waals surface area (Å²) in [4.78, 5) is 19.6. The summed E-state index contributed by atoms with van der Waals surface area (Å²) in [5, 5.41) is 8.60. The molecule has 0 radical (unpaired) electrons. The first-order valence-corrected chi connectivity index (χ1v) is 9.82. The van der Waals surface area contributed by atoms with Gasteiger partial charge in [0.1, 0.15) is 0 Å². The highest BCUT2D eigenvalue weighted by Gasteiger charge is 2.32. The van der Waals surface area contributed by atoms with Crippen LogP contribution in [0.2, 0.25) is 0 Å². The number of aromatic nitrogens is 4. The maximum Gasteiger partial charge on any atom is 0.274 e. The van der Waals surface area contributed by atoms with E-state index >= 15 is 0 Å². The largest absolute Gasteiger partial charge is 0.384 e. The normalized spacial score (nSPS) is 19.9. The summed E-state index contributed by atoms with van der Waals surface area (Å²) < 4.78 is 12.4. The maximum absolute atomic E-state index is 13.2.